The van der Waals surface area contributed by atoms with Crippen molar-refractivity contribution < 1.29 is 4.42 Å². The Bertz CT molecular complexity index is 1240. The lowest BCUT2D eigenvalue weighted by Crippen LogP contribution is -2.21. The van der Waals surface area contributed by atoms with Gasteiger partial charge in [0, 0.05) is 18.5 Å². The highest BCUT2D eigenvalue weighted by molar-refractivity contribution is 7.07. The summed E-state index contributed by atoms with van der Waals surface area (Å²) in [7, 11) is 1.88. The molecule has 0 spiro atoms. The number of hydrogen-bond donors (Lipinski definition) is 0. The van der Waals surface area contributed by atoms with Crippen LogP contribution in [-0.2, 0) is 7.05 Å². The van der Waals surface area contributed by atoms with E-state index in [2.05, 4.69) is 18.4 Å². The molecule has 0 amide bonds. The van der Waals surface area contributed by atoms with Gasteiger partial charge in [-0.2, -0.15) is 0 Å². The minimum atomic E-state index is -0.125. The third kappa shape index (κ3) is 3.31. The normalized spacial score (nSPS) is 13.2. The Labute approximate surface area is 173 Å². The molecule has 0 radical (unpaired) electrons. The molecular formula is C22H24N4O2S. The van der Waals surface area contributed by atoms with Crippen LogP contribution in [0.5, 0.6) is 0 Å². The first-order chi connectivity index (χ1) is 14.0. The van der Waals surface area contributed by atoms with E-state index in [0.29, 0.717) is 5.69 Å². The maximum absolute atomic E-state index is 13.2. The summed E-state index contributed by atoms with van der Waals surface area (Å²) in [6.45, 7) is 6.22. The first-order valence-corrected chi connectivity index (χ1v) is 10.5. The van der Waals surface area contributed by atoms with E-state index in [-0.39, 0.29) is 11.6 Å². The van der Waals surface area contributed by atoms with Gasteiger partial charge in [-0.15, -0.1) is 11.3 Å². The van der Waals surface area contributed by atoms with Crippen molar-refractivity contribution in [2.75, 3.05) is 0 Å². The molecule has 3 aromatic heterocycles. The van der Waals surface area contributed by atoms with Crippen LogP contribution in [0, 0.1) is 6.92 Å². The number of thiazole rings is 1. The zero-order valence-electron chi connectivity index (χ0n) is 17.0. The fraction of sp³-hybridized carbons (Fsp3) is 0.273. The van der Waals surface area contributed by atoms with E-state index in [1.54, 1.807) is 10.9 Å². The minimum absolute atomic E-state index is 0.125. The highest BCUT2D eigenvalue weighted by Crippen LogP contribution is 2.25. The summed E-state index contributed by atoms with van der Waals surface area (Å²) in [5, 5.41) is 2.04. The molecule has 1 unspecified atom stereocenters. The van der Waals surface area contributed by atoms with Crippen molar-refractivity contribution in [2.24, 2.45) is 12.0 Å². The molecule has 0 bridgehead atoms. The Morgan fingerprint density at radius 3 is 2.59 bits per heavy atom. The summed E-state index contributed by atoms with van der Waals surface area (Å²) in [6.07, 6.45) is 2.62. The van der Waals surface area contributed by atoms with E-state index in [0.717, 1.165) is 34.1 Å². The van der Waals surface area contributed by atoms with Gasteiger partial charge in [-0.25, -0.2) is 9.67 Å². The number of hydrogen-bond acceptors (Lipinski definition) is 4. The molecule has 0 fully saturated rings. The first kappa shape index (κ1) is 19.3. The SMILES string of the molecule is CCC(C)n1c(-c2ccco2)csc1=Nc1c(C)n(C)n(-c2ccccc2)c1=O. The van der Waals surface area contributed by atoms with Crippen molar-refractivity contribution in [1.29, 1.82) is 0 Å². The first-order valence-electron chi connectivity index (χ1n) is 9.65. The van der Waals surface area contributed by atoms with Gasteiger partial charge in [-0.3, -0.25) is 9.48 Å². The van der Waals surface area contributed by atoms with Gasteiger partial charge in [0.1, 0.15) is 0 Å². The van der Waals surface area contributed by atoms with Crippen molar-refractivity contribution in [1.82, 2.24) is 13.9 Å². The Morgan fingerprint density at radius 2 is 1.93 bits per heavy atom. The lowest BCUT2D eigenvalue weighted by Gasteiger charge is -2.14. The fourth-order valence-electron chi connectivity index (χ4n) is 3.39. The van der Waals surface area contributed by atoms with E-state index in [1.807, 2.05) is 66.5 Å². The third-order valence-electron chi connectivity index (χ3n) is 5.28. The molecular weight excluding hydrogens is 384 g/mol. The van der Waals surface area contributed by atoms with Crippen LogP contribution in [0.2, 0.25) is 0 Å². The van der Waals surface area contributed by atoms with Gasteiger partial charge in [0.25, 0.3) is 5.56 Å². The monoisotopic (exact) mass is 408 g/mol. The summed E-state index contributed by atoms with van der Waals surface area (Å²) >= 11 is 1.52. The minimum Gasteiger partial charge on any atom is -0.463 e. The highest BCUT2D eigenvalue weighted by atomic mass is 32.1. The summed E-state index contributed by atoms with van der Waals surface area (Å²) in [5.41, 5.74) is 2.95. The largest absolute Gasteiger partial charge is 0.463 e. The zero-order valence-corrected chi connectivity index (χ0v) is 17.8. The van der Waals surface area contributed by atoms with Gasteiger partial charge in [0.2, 0.25) is 0 Å². The molecule has 1 atom stereocenters. The van der Waals surface area contributed by atoms with E-state index >= 15 is 0 Å². The van der Waals surface area contributed by atoms with Crippen LogP contribution < -0.4 is 10.4 Å². The van der Waals surface area contributed by atoms with E-state index in [9.17, 15) is 4.79 Å². The van der Waals surface area contributed by atoms with Gasteiger partial charge in [0.05, 0.1) is 23.3 Å². The number of furan rings is 1. The molecule has 6 nitrogen and oxygen atoms in total. The standard InChI is InChI=1S/C22H24N4O2S/c1-5-15(2)25-18(19-12-9-13-28-19)14-29-22(25)23-20-16(3)24(4)26(21(20)27)17-10-7-6-8-11-17/h6-15H,5H2,1-4H3. The smallest absolute Gasteiger partial charge is 0.297 e. The number of rotatable bonds is 5. The molecule has 29 heavy (non-hydrogen) atoms. The third-order valence-corrected chi connectivity index (χ3v) is 6.12. The second-order valence-corrected chi connectivity index (χ2v) is 7.87. The van der Waals surface area contributed by atoms with E-state index < -0.39 is 0 Å². The second-order valence-electron chi connectivity index (χ2n) is 7.03. The van der Waals surface area contributed by atoms with Crippen LogP contribution in [0.4, 0.5) is 5.69 Å². The van der Waals surface area contributed by atoms with Crippen LogP contribution in [0.25, 0.3) is 17.1 Å². The number of nitrogens with zero attached hydrogens (tertiary/aromatic N) is 4. The van der Waals surface area contributed by atoms with Crippen molar-refractivity contribution in [3.63, 3.8) is 0 Å². The fourth-order valence-corrected chi connectivity index (χ4v) is 4.38. The molecule has 1 aromatic carbocycles. The van der Waals surface area contributed by atoms with E-state index in [1.165, 1.54) is 11.3 Å². The van der Waals surface area contributed by atoms with Gasteiger partial charge in [-0.1, -0.05) is 25.1 Å². The Balaban J connectivity index is 1.94. The van der Waals surface area contributed by atoms with Crippen LogP contribution in [0.1, 0.15) is 32.0 Å². The van der Waals surface area contributed by atoms with Gasteiger partial charge >= 0.3 is 0 Å². The highest BCUT2D eigenvalue weighted by Gasteiger charge is 2.18. The zero-order chi connectivity index (χ0) is 20.5. The number of para-hydroxylation sites is 1. The Hall–Kier alpha value is -3.06. The maximum Gasteiger partial charge on any atom is 0.297 e. The summed E-state index contributed by atoms with van der Waals surface area (Å²) in [4.78, 5) is 18.8. The molecule has 7 heteroatoms. The lowest BCUT2D eigenvalue weighted by atomic mass is 10.2. The molecule has 150 valence electrons. The van der Waals surface area contributed by atoms with Gasteiger partial charge in [0.15, 0.2) is 16.2 Å². The molecule has 0 aliphatic rings. The van der Waals surface area contributed by atoms with E-state index in [4.69, 9.17) is 9.41 Å². The van der Waals surface area contributed by atoms with Crippen LogP contribution >= 0.6 is 11.3 Å². The maximum atomic E-state index is 13.2. The van der Waals surface area contributed by atoms with Crippen molar-refractivity contribution in [3.8, 4) is 17.1 Å². The Kier molecular flexibility index (Phi) is 5.15. The van der Waals surface area contributed by atoms with Crippen molar-refractivity contribution in [3.05, 3.63) is 75.0 Å². The number of aromatic nitrogens is 3. The van der Waals surface area contributed by atoms with Crippen LogP contribution in [0.3, 0.4) is 0 Å². The summed E-state index contributed by atoms with van der Waals surface area (Å²) in [5.74, 6) is 0.800. The van der Waals surface area contributed by atoms with Crippen LogP contribution in [-0.4, -0.2) is 13.9 Å². The predicted molar refractivity (Wildman–Crippen MR) is 116 cm³/mol. The predicted octanol–water partition coefficient (Wildman–Crippen LogP) is 4.81. The molecule has 0 saturated heterocycles. The summed E-state index contributed by atoms with van der Waals surface area (Å²) in [6, 6.07) is 13.7. The van der Waals surface area contributed by atoms with Crippen molar-refractivity contribution in [2.45, 2.75) is 33.2 Å². The lowest BCUT2D eigenvalue weighted by molar-refractivity contribution is 0.509. The summed E-state index contributed by atoms with van der Waals surface area (Å²) < 4.78 is 11.3. The molecule has 4 aromatic rings. The molecule has 0 N–H and O–H groups in total. The Morgan fingerprint density at radius 1 is 1.17 bits per heavy atom. The molecule has 4 rings (SSSR count). The molecule has 0 aliphatic carbocycles. The second kappa shape index (κ2) is 7.75. The quantitative estimate of drug-likeness (QED) is 0.476. The number of benzene rings is 1. The molecule has 3 heterocycles. The van der Waals surface area contributed by atoms with Gasteiger partial charge in [-0.05, 0) is 44.5 Å². The van der Waals surface area contributed by atoms with Gasteiger partial charge < -0.3 is 8.98 Å². The topological polar surface area (TPSA) is 57.4 Å². The molecule has 0 aliphatic heterocycles. The van der Waals surface area contributed by atoms with Crippen LogP contribution in [0.15, 0.2) is 68.3 Å². The molecule has 0 saturated carbocycles. The average Bonchev–Trinajstić information content (AvgIpc) is 3.45. The van der Waals surface area contributed by atoms with Crippen molar-refractivity contribution >= 4 is 17.0 Å². The average molecular weight is 409 g/mol.